The fourth-order valence-electron chi connectivity index (χ4n) is 1.95. The average Bonchev–Trinajstić information content (AvgIpc) is 2.16. The van der Waals surface area contributed by atoms with Gasteiger partial charge < -0.3 is 5.11 Å². The van der Waals surface area contributed by atoms with Gasteiger partial charge in [-0.25, -0.2) is 0 Å². The summed E-state index contributed by atoms with van der Waals surface area (Å²) in [7, 11) is 0. The van der Waals surface area contributed by atoms with Crippen LogP contribution in [-0.2, 0) is 0 Å². The molecule has 1 aliphatic carbocycles. The molecule has 0 radical (unpaired) electrons. The Kier molecular flexibility index (Phi) is 4.18. The van der Waals surface area contributed by atoms with Crippen LogP contribution in [0.25, 0.3) is 0 Å². The first-order chi connectivity index (χ1) is 5.83. The molecular weight excluding hydrogens is 148 g/mol. The van der Waals surface area contributed by atoms with Gasteiger partial charge in [0.05, 0.1) is 0 Å². The zero-order valence-corrected chi connectivity index (χ0v) is 7.63. The zero-order valence-electron chi connectivity index (χ0n) is 7.63. The Labute approximate surface area is 75.2 Å². The highest BCUT2D eigenvalue weighted by atomic mass is 16.3. The van der Waals surface area contributed by atoms with E-state index in [0.29, 0.717) is 0 Å². The second kappa shape index (κ2) is 5.22. The van der Waals surface area contributed by atoms with Gasteiger partial charge in [0.1, 0.15) is 6.10 Å². The number of terminal acetylenes is 1. The first kappa shape index (κ1) is 9.61. The maximum Gasteiger partial charge on any atom is 0.114 e. The van der Waals surface area contributed by atoms with Crippen LogP contribution in [-0.4, -0.2) is 11.2 Å². The lowest BCUT2D eigenvalue weighted by Crippen LogP contribution is -2.10. The van der Waals surface area contributed by atoms with E-state index in [2.05, 4.69) is 5.92 Å². The van der Waals surface area contributed by atoms with Crippen LogP contribution >= 0.6 is 0 Å². The second-order valence-electron chi connectivity index (χ2n) is 3.76. The van der Waals surface area contributed by atoms with E-state index in [0.717, 1.165) is 18.8 Å². The Hall–Kier alpha value is -0.480. The molecule has 0 amide bonds. The minimum absolute atomic E-state index is 0.507. The molecule has 12 heavy (non-hydrogen) atoms. The summed E-state index contributed by atoms with van der Waals surface area (Å²) in [6, 6.07) is 0. The van der Waals surface area contributed by atoms with Gasteiger partial charge in [-0.1, -0.05) is 38.0 Å². The Morgan fingerprint density at radius 3 is 2.58 bits per heavy atom. The number of aliphatic hydroxyl groups excluding tert-OH is 1. The molecule has 0 saturated heterocycles. The molecule has 1 heteroatoms. The van der Waals surface area contributed by atoms with Crippen molar-refractivity contribution < 1.29 is 5.11 Å². The van der Waals surface area contributed by atoms with Crippen molar-refractivity contribution in [2.24, 2.45) is 5.92 Å². The summed E-state index contributed by atoms with van der Waals surface area (Å²) >= 11 is 0. The Morgan fingerprint density at radius 1 is 1.33 bits per heavy atom. The van der Waals surface area contributed by atoms with Gasteiger partial charge >= 0.3 is 0 Å². The minimum atomic E-state index is -0.507. The van der Waals surface area contributed by atoms with E-state index in [-0.39, 0.29) is 0 Å². The Morgan fingerprint density at radius 2 is 2.00 bits per heavy atom. The normalized spacial score (nSPS) is 21.7. The first-order valence-corrected chi connectivity index (χ1v) is 4.97. The molecule has 0 heterocycles. The van der Waals surface area contributed by atoms with Gasteiger partial charge in [0.15, 0.2) is 0 Å². The van der Waals surface area contributed by atoms with Crippen LogP contribution in [0.1, 0.15) is 44.9 Å². The van der Waals surface area contributed by atoms with Crippen molar-refractivity contribution in [3.8, 4) is 12.3 Å². The van der Waals surface area contributed by atoms with Gasteiger partial charge in [0, 0.05) is 0 Å². The largest absolute Gasteiger partial charge is 0.380 e. The fraction of sp³-hybridized carbons (Fsp3) is 0.818. The smallest absolute Gasteiger partial charge is 0.114 e. The van der Waals surface area contributed by atoms with Crippen molar-refractivity contribution in [1.82, 2.24) is 0 Å². The van der Waals surface area contributed by atoms with Crippen molar-refractivity contribution in [2.45, 2.75) is 51.0 Å². The van der Waals surface area contributed by atoms with Gasteiger partial charge in [-0.15, -0.1) is 6.42 Å². The lowest BCUT2D eigenvalue weighted by Gasteiger charge is -2.21. The van der Waals surface area contributed by atoms with E-state index in [1.807, 2.05) is 0 Å². The molecule has 1 aliphatic rings. The molecular formula is C11H18O. The van der Waals surface area contributed by atoms with E-state index in [4.69, 9.17) is 11.5 Å². The van der Waals surface area contributed by atoms with Gasteiger partial charge in [-0.2, -0.15) is 0 Å². The van der Waals surface area contributed by atoms with E-state index >= 15 is 0 Å². The number of aliphatic hydroxyl groups is 1. The molecule has 1 nitrogen and oxygen atoms in total. The predicted molar refractivity (Wildman–Crippen MR) is 50.6 cm³/mol. The maximum absolute atomic E-state index is 9.15. The van der Waals surface area contributed by atoms with Crippen molar-refractivity contribution in [2.75, 3.05) is 0 Å². The van der Waals surface area contributed by atoms with Gasteiger partial charge in [-0.3, -0.25) is 0 Å². The van der Waals surface area contributed by atoms with Crippen molar-refractivity contribution in [3.63, 3.8) is 0 Å². The zero-order chi connectivity index (χ0) is 8.81. The summed E-state index contributed by atoms with van der Waals surface area (Å²) in [6.07, 6.45) is 13.3. The lowest BCUT2D eigenvalue weighted by atomic mass is 9.85. The molecule has 0 aromatic carbocycles. The highest BCUT2D eigenvalue weighted by Gasteiger charge is 2.13. The summed E-state index contributed by atoms with van der Waals surface area (Å²) in [5, 5.41) is 9.15. The average molecular weight is 166 g/mol. The third kappa shape index (κ3) is 3.28. The van der Waals surface area contributed by atoms with Crippen LogP contribution in [0.5, 0.6) is 0 Å². The summed E-state index contributed by atoms with van der Waals surface area (Å²) in [4.78, 5) is 0. The summed E-state index contributed by atoms with van der Waals surface area (Å²) < 4.78 is 0. The Bertz CT molecular complexity index is 151. The molecule has 68 valence electrons. The molecule has 1 N–H and O–H groups in total. The van der Waals surface area contributed by atoms with Crippen molar-refractivity contribution >= 4 is 0 Å². The first-order valence-electron chi connectivity index (χ1n) is 4.97. The number of rotatable bonds is 3. The monoisotopic (exact) mass is 166 g/mol. The third-order valence-electron chi connectivity index (χ3n) is 2.77. The van der Waals surface area contributed by atoms with Crippen LogP contribution in [0.15, 0.2) is 0 Å². The minimum Gasteiger partial charge on any atom is -0.380 e. The van der Waals surface area contributed by atoms with E-state index < -0.39 is 6.10 Å². The molecule has 0 spiro atoms. The SMILES string of the molecule is C#CC(O)CCC1CCCCC1. The van der Waals surface area contributed by atoms with E-state index in [9.17, 15) is 0 Å². The third-order valence-corrected chi connectivity index (χ3v) is 2.77. The number of hydrogen-bond acceptors (Lipinski definition) is 1. The summed E-state index contributed by atoms with van der Waals surface area (Å²) in [5.41, 5.74) is 0. The van der Waals surface area contributed by atoms with E-state index in [1.165, 1.54) is 32.1 Å². The predicted octanol–water partition coefficient (Wildman–Crippen LogP) is 2.34. The van der Waals surface area contributed by atoms with Crippen LogP contribution in [0, 0.1) is 18.3 Å². The van der Waals surface area contributed by atoms with Gasteiger partial charge in [0.25, 0.3) is 0 Å². The molecule has 1 atom stereocenters. The summed E-state index contributed by atoms with van der Waals surface area (Å²) in [6.45, 7) is 0. The van der Waals surface area contributed by atoms with E-state index in [1.54, 1.807) is 0 Å². The van der Waals surface area contributed by atoms with Crippen LogP contribution in [0.2, 0.25) is 0 Å². The topological polar surface area (TPSA) is 20.2 Å². The highest BCUT2D eigenvalue weighted by Crippen LogP contribution is 2.27. The van der Waals surface area contributed by atoms with Crippen LogP contribution in [0.3, 0.4) is 0 Å². The van der Waals surface area contributed by atoms with Crippen LogP contribution in [0.4, 0.5) is 0 Å². The number of hydrogen-bond donors (Lipinski definition) is 1. The Balaban J connectivity index is 2.10. The lowest BCUT2D eigenvalue weighted by molar-refractivity contribution is 0.200. The van der Waals surface area contributed by atoms with Gasteiger partial charge in [0.2, 0.25) is 0 Å². The molecule has 1 fully saturated rings. The second-order valence-corrected chi connectivity index (χ2v) is 3.76. The maximum atomic E-state index is 9.15. The fourth-order valence-corrected chi connectivity index (χ4v) is 1.95. The van der Waals surface area contributed by atoms with Crippen molar-refractivity contribution in [1.29, 1.82) is 0 Å². The van der Waals surface area contributed by atoms with Gasteiger partial charge in [-0.05, 0) is 18.8 Å². The molecule has 0 bridgehead atoms. The molecule has 1 unspecified atom stereocenters. The van der Waals surface area contributed by atoms with Crippen LogP contribution < -0.4 is 0 Å². The van der Waals surface area contributed by atoms with Crippen molar-refractivity contribution in [3.05, 3.63) is 0 Å². The summed E-state index contributed by atoms with van der Waals surface area (Å²) in [5.74, 6) is 3.20. The molecule has 0 aromatic heterocycles. The molecule has 1 rings (SSSR count). The molecule has 0 aromatic rings. The highest BCUT2D eigenvalue weighted by molar-refractivity contribution is 4.93. The molecule has 1 saturated carbocycles. The standard InChI is InChI=1S/C11H18O/c1-2-11(12)9-8-10-6-4-3-5-7-10/h1,10-12H,3-9H2. The molecule has 0 aliphatic heterocycles. The quantitative estimate of drug-likeness (QED) is 0.638.